The molecule has 0 saturated carbocycles. The third kappa shape index (κ3) is 3.26. The minimum absolute atomic E-state index is 0. The van der Waals surface area contributed by atoms with E-state index in [2.05, 4.69) is 60.8 Å². The molecule has 0 bridgehead atoms. The van der Waals surface area contributed by atoms with Gasteiger partial charge in [0.1, 0.15) is 0 Å². The Labute approximate surface area is 166 Å². The highest BCUT2D eigenvalue weighted by Crippen LogP contribution is 2.48. The molecule has 1 aliphatic rings. The fourth-order valence-electron chi connectivity index (χ4n) is 3.86. The minimum atomic E-state index is -0.669. The highest BCUT2D eigenvalue weighted by molar-refractivity contribution is 6.16. The number of halogens is 1. The van der Waals surface area contributed by atoms with Gasteiger partial charge in [0, 0.05) is 6.54 Å². The zero-order valence-corrected chi connectivity index (χ0v) is 16.6. The second-order valence-corrected chi connectivity index (χ2v) is 7.46. The van der Waals surface area contributed by atoms with E-state index < -0.39 is 5.54 Å². The lowest BCUT2D eigenvalue weighted by Gasteiger charge is -2.26. The van der Waals surface area contributed by atoms with Crippen LogP contribution in [0.4, 0.5) is 0 Å². The third-order valence-electron chi connectivity index (χ3n) is 5.59. The molecule has 1 aliphatic carbocycles. The molecule has 0 fully saturated rings. The first-order chi connectivity index (χ1) is 12.6. The topological polar surface area (TPSA) is 52.5 Å². The van der Waals surface area contributed by atoms with Crippen molar-refractivity contribution in [2.45, 2.75) is 32.4 Å². The van der Waals surface area contributed by atoms with E-state index >= 15 is 0 Å². The highest BCUT2D eigenvalue weighted by Gasteiger charge is 2.24. The van der Waals surface area contributed by atoms with Gasteiger partial charge in [-0.1, -0.05) is 49.4 Å². The SMILES string of the molecule is CCc1ccc2c3c(cccc13)-c1ccc(CNC(C)(CO)CO)cc1-2.Cl. The van der Waals surface area contributed by atoms with Crippen molar-refractivity contribution >= 4 is 23.2 Å². The second-order valence-electron chi connectivity index (χ2n) is 7.46. The predicted molar refractivity (Wildman–Crippen MR) is 114 cm³/mol. The van der Waals surface area contributed by atoms with E-state index in [0.717, 1.165) is 12.0 Å². The average Bonchev–Trinajstić information content (AvgIpc) is 3.01. The highest BCUT2D eigenvalue weighted by atomic mass is 35.5. The molecule has 4 rings (SSSR count). The van der Waals surface area contributed by atoms with Crippen molar-refractivity contribution in [3.63, 3.8) is 0 Å². The van der Waals surface area contributed by atoms with Crippen molar-refractivity contribution in [2.75, 3.05) is 13.2 Å². The van der Waals surface area contributed by atoms with Crippen LogP contribution in [0.5, 0.6) is 0 Å². The third-order valence-corrected chi connectivity index (χ3v) is 5.59. The number of aryl methyl sites for hydroxylation is 1. The zero-order valence-electron chi connectivity index (χ0n) is 15.7. The van der Waals surface area contributed by atoms with Crippen molar-refractivity contribution in [3.8, 4) is 22.3 Å². The van der Waals surface area contributed by atoms with Crippen LogP contribution in [0.15, 0.2) is 48.5 Å². The van der Waals surface area contributed by atoms with E-state index in [0.29, 0.717) is 6.54 Å². The molecule has 0 aliphatic heterocycles. The Hall–Kier alpha value is -1.91. The molecular weight excluding hydrogens is 358 g/mol. The first kappa shape index (κ1) is 19.8. The van der Waals surface area contributed by atoms with Gasteiger partial charge in [-0.15, -0.1) is 12.4 Å². The molecule has 0 spiro atoms. The molecule has 0 radical (unpaired) electrons. The number of rotatable bonds is 6. The van der Waals surface area contributed by atoms with Crippen LogP contribution in [0, 0.1) is 0 Å². The van der Waals surface area contributed by atoms with Crippen LogP contribution >= 0.6 is 12.4 Å². The van der Waals surface area contributed by atoms with Crippen molar-refractivity contribution in [3.05, 3.63) is 59.7 Å². The van der Waals surface area contributed by atoms with Crippen LogP contribution in [0.3, 0.4) is 0 Å². The Bertz CT molecular complexity index is 980. The summed E-state index contributed by atoms with van der Waals surface area (Å²) in [5, 5.41) is 24.9. The van der Waals surface area contributed by atoms with Crippen LogP contribution in [0.25, 0.3) is 33.0 Å². The maximum atomic E-state index is 9.46. The van der Waals surface area contributed by atoms with Crippen molar-refractivity contribution in [1.82, 2.24) is 5.32 Å². The lowest BCUT2D eigenvalue weighted by Crippen LogP contribution is -2.48. The second kappa shape index (κ2) is 7.61. The Morgan fingerprint density at radius 2 is 1.59 bits per heavy atom. The van der Waals surface area contributed by atoms with Crippen LogP contribution in [0.2, 0.25) is 0 Å². The quantitative estimate of drug-likeness (QED) is 0.465. The summed E-state index contributed by atoms with van der Waals surface area (Å²) in [6.45, 7) is 4.44. The molecule has 0 amide bonds. The number of fused-ring (bicyclic) bond motifs is 3. The largest absolute Gasteiger partial charge is 0.394 e. The summed E-state index contributed by atoms with van der Waals surface area (Å²) in [6.07, 6.45) is 1.03. The van der Waals surface area contributed by atoms with E-state index in [4.69, 9.17) is 0 Å². The molecule has 0 aromatic heterocycles. The van der Waals surface area contributed by atoms with Gasteiger partial charge in [0.2, 0.25) is 0 Å². The number of hydrogen-bond donors (Lipinski definition) is 3. The maximum absolute atomic E-state index is 9.46. The molecular formula is C23H26ClNO2. The van der Waals surface area contributed by atoms with Gasteiger partial charge in [-0.3, -0.25) is 0 Å². The van der Waals surface area contributed by atoms with Gasteiger partial charge in [0.15, 0.2) is 0 Å². The number of hydrogen-bond acceptors (Lipinski definition) is 3. The molecule has 0 unspecified atom stereocenters. The molecule has 0 saturated heterocycles. The fraction of sp³-hybridized carbons (Fsp3) is 0.304. The van der Waals surface area contributed by atoms with Gasteiger partial charge in [-0.25, -0.2) is 0 Å². The summed E-state index contributed by atoms with van der Waals surface area (Å²) in [5.41, 5.74) is 7.05. The number of benzene rings is 3. The van der Waals surface area contributed by atoms with E-state index in [1.807, 2.05) is 6.92 Å². The summed E-state index contributed by atoms with van der Waals surface area (Å²) in [5.74, 6) is 0. The Morgan fingerprint density at radius 3 is 2.30 bits per heavy atom. The summed E-state index contributed by atoms with van der Waals surface area (Å²) in [6, 6.07) is 17.6. The van der Waals surface area contributed by atoms with Gasteiger partial charge in [-0.2, -0.15) is 0 Å². The van der Waals surface area contributed by atoms with Gasteiger partial charge >= 0.3 is 0 Å². The Balaban J connectivity index is 0.00000210. The molecule has 3 aromatic rings. The van der Waals surface area contributed by atoms with E-state index in [1.54, 1.807) is 0 Å². The standard InChI is InChI=1S/C23H25NO2.ClH/c1-3-16-8-10-20-21-11-15(12-24-23(2,13-25)14-26)7-9-18(21)19-6-4-5-17(16)22(19)20;/h4-11,24-26H,3,12-14H2,1-2H3;1H. The predicted octanol–water partition coefficient (Wildman–Crippen LogP) is 4.30. The first-order valence-corrected chi connectivity index (χ1v) is 9.25. The number of aliphatic hydroxyl groups excluding tert-OH is 2. The maximum Gasteiger partial charge on any atom is 0.0633 e. The molecule has 3 N–H and O–H groups in total. The van der Waals surface area contributed by atoms with E-state index in [9.17, 15) is 10.2 Å². The van der Waals surface area contributed by atoms with Crippen molar-refractivity contribution < 1.29 is 10.2 Å². The van der Waals surface area contributed by atoms with E-state index in [1.165, 1.54) is 38.6 Å². The Morgan fingerprint density at radius 1 is 0.889 bits per heavy atom. The summed E-state index contributed by atoms with van der Waals surface area (Å²) in [7, 11) is 0. The molecule has 3 aromatic carbocycles. The van der Waals surface area contributed by atoms with Crippen LogP contribution in [-0.2, 0) is 13.0 Å². The molecule has 0 heterocycles. The lowest BCUT2D eigenvalue weighted by molar-refractivity contribution is 0.103. The zero-order chi connectivity index (χ0) is 18.3. The van der Waals surface area contributed by atoms with Gasteiger partial charge in [-0.05, 0) is 63.6 Å². The van der Waals surface area contributed by atoms with Crippen LogP contribution in [0.1, 0.15) is 25.0 Å². The van der Waals surface area contributed by atoms with Gasteiger partial charge in [0.05, 0.1) is 18.8 Å². The number of aliphatic hydroxyl groups is 2. The minimum Gasteiger partial charge on any atom is -0.394 e. The average molecular weight is 384 g/mol. The van der Waals surface area contributed by atoms with Gasteiger partial charge in [0.25, 0.3) is 0 Å². The van der Waals surface area contributed by atoms with Crippen LogP contribution in [-0.4, -0.2) is 29.0 Å². The number of nitrogens with one attached hydrogen (secondary N) is 1. The van der Waals surface area contributed by atoms with Crippen molar-refractivity contribution in [1.29, 1.82) is 0 Å². The summed E-state index contributed by atoms with van der Waals surface area (Å²) in [4.78, 5) is 0. The first-order valence-electron chi connectivity index (χ1n) is 9.25. The smallest absolute Gasteiger partial charge is 0.0633 e. The molecule has 3 nitrogen and oxygen atoms in total. The van der Waals surface area contributed by atoms with E-state index in [-0.39, 0.29) is 25.6 Å². The normalized spacial score (nSPS) is 12.1. The van der Waals surface area contributed by atoms with Gasteiger partial charge < -0.3 is 15.5 Å². The summed E-state index contributed by atoms with van der Waals surface area (Å²) < 4.78 is 0. The fourth-order valence-corrected chi connectivity index (χ4v) is 3.86. The molecule has 4 heteroatoms. The lowest BCUT2D eigenvalue weighted by atomic mass is 9.97. The van der Waals surface area contributed by atoms with Crippen LogP contribution < -0.4 is 5.32 Å². The molecule has 142 valence electrons. The molecule has 0 atom stereocenters. The Kier molecular flexibility index (Phi) is 5.59. The molecule has 27 heavy (non-hydrogen) atoms. The summed E-state index contributed by atoms with van der Waals surface area (Å²) >= 11 is 0. The van der Waals surface area contributed by atoms with Crippen molar-refractivity contribution in [2.24, 2.45) is 0 Å². The monoisotopic (exact) mass is 383 g/mol.